The number of amides is 1. The van der Waals surface area contributed by atoms with Crippen molar-refractivity contribution < 1.29 is 23.9 Å². The lowest BCUT2D eigenvalue weighted by Crippen LogP contribution is -2.65. The lowest BCUT2D eigenvalue weighted by atomic mass is 9.82. The number of aryl methyl sites for hydroxylation is 2. The van der Waals surface area contributed by atoms with E-state index in [1.165, 1.54) is 0 Å². The minimum Gasteiger partial charge on any atom is -0.453 e. The van der Waals surface area contributed by atoms with Crippen molar-refractivity contribution in [1.82, 2.24) is 5.32 Å². The molecule has 6 rings (SSSR count). The van der Waals surface area contributed by atoms with E-state index in [2.05, 4.69) is 5.32 Å². The molecule has 1 atom stereocenters. The molecule has 0 aromatic heterocycles. The van der Waals surface area contributed by atoms with Gasteiger partial charge in [-0.15, -0.1) is 0 Å². The number of esters is 1. The van der Waals surface area contributed by atoms with E-state index < -0.39 is 11.6 Å². The van der Waals surface area contributed by atoms with Crippen LogP contribution in [0.4, 0.5) is 0 Å². The van der Waals surface area contributed by atoms with Crippen molar-refractivity contribution in [3.63, 3.8) is 0 Å². The summed E-state index contributed by atoms with van der Waals surface area (Å²) < 4.78 is 7.07. The zero-order valence-corrected chi connectivity index (χ0v) is 22.9. The summed E-state index contributed by atoms with van der Waals surface area (Å²) in [5, 5.41) is 14.9. The first kappa shape index (κ1) is 27.1. The maximum absolute atomic E-state index is 13.7. The van der Waals surface area contributed by atoms with E-state index in [0.29, 0.717) is 23.6 Å². The van der Waals surface area contributed by atoms with Crippen LogP contribution in [-0.4, -0.2) is 60.3 Å². The molecule has 3 saturated heterocycles. The molecule has 1 unspecified atom stereocenters. The van der Waals surface area contributed by atoms with Gasteiger partial charge in [-0.05, 0) is 36.1 Å². The summed E-state index contributed by atoms with van der Waals surface area (Å²) in [5.41, 5.74) is 1.89. The summed E-state index contributed by atoms with van der Waals surface area (Å²) in [5.74, 6) is -0.318. The van der Waals surface area contributed by atoms with E-state index in [4.69, 9.17) is 4.74 Å². The molecule has 6 nitrogen and oxygen atoms in total. The molecule has 3 aliphatic rings. The molecule has 0 radical (unpaired) electrons. The molecule has 0 saturated carbocycles. The number of carbonyl (C=O) groups excluding carboxylic acids is 2. The third-order valence-corrected chi connectivity index (χ3v) is 8.78. The first-order valence-corrected chi connectivity index (χ1v) is 14.1. The largest absolute Gasteiger partial charge is 0.453 e. The Hall–Kier alpha value is -3.48. The van der Waals surface area contributed by atoms with Crippen LogP contribution in [0.3, 0.4) is 0 Å². The van der Waals surface area contributed by atoms with Crippen LogP contribution in [0.25, 0.3) is 0 Å². The van der Waals surface area contributed by atoms with Gasteiger partial charge in [-0.2, -0.15) is 0 Å². The first-order valence-electron chi connectivity index (χ1n) is 14.1. The Balaban J connectivity index is 1.23. The molecule has 0 spiro atoms. The molecule has 3 aliphatic heterocycles. The molecule has 39 heavy (non-hydrogen) atoms. The summed E-state index contributed by atoms with van der Waals surface area (Å²) in [6, 6.07) is 24.0. The first-order chi connectivity index (χ1) is 18.8. The van der Waals surface area contributed by atoms with E-state index in [1.54, 1.807) is 24.3 Å². The topological polar surface area (TPSA) is 75.6 Å². The molecule has 1 amide bonds. The normalized spacial score (nSPS) is 22.3. The van der Waals surface area contributed by atoms with E-state index >= 15 is 0 Å². The summed E-state index contributed by atoms with van der Waals surface area (Å²) in [7, 11) is 0. The van der Waals surface area contributed by atoms with E-state index in [9.17, 15) is 14.7 Å². The van der Waals surface area contributed by atoms with Crippen molar-refractivity contribution in [2.24, 2.45) is 5.92 Å². The third kappa shape index (κ3) is 5.49. The fraction of sp³-hybridized carbons (Fsp3) is 0.394. The fourth-order valence-corrected chi connectivity index (χ4v) is 6.53. The minimum absolute atomic E-state index is 0.0177. The number of fused-ring (bicyclic) bond motifs is 3. The zero-order chi connectivity index (χ0) is 27.5. The predicted octanol–water partition coefficient (Wildman–Crippen LogP) is 4.51. The van der Waals surface area contributed by atoms with Crippen LogP contribution in [0.15, 0.2) is 78.9 Å². The van der Waals surface area contributed by atoms with Crippen LogP contribution in [0.2, 0.25) is 0 Å². The molecule has 3 heterocycles. The molecule has 3 aromatic carbocycles. The highest BCUT2D eigenvalue weighted by molar-refractivity contribution is 5.97. The summed E-state index contributed by atoms with van der Waals surface area (Å²) in [4.78, 5) is 26.5. The van der Waals surface area contributed by atoms with Gasteiger partial charge in [-0.1, -0.05) is 78.9 Å². The molecular formula is C33H39N2O4+. The summed E-state index contributed by atoms with van der Waals surface area (Å²) in [6.07, 6.45) is 2.63. The van der Waals surface area contributed by atoms with Crippen molar-refractivity contribution in [2.75, 3.05) is 32.7 Å². The number of nitrogens with zero attached hydrogens (tertiary/aromatic N) is 1. The predicted molar refractivity (Wildman–Crippen MR) is 151 cm³/mol. The highest BCUT2D eigenvalue weighted by Gasteiger charge is 2.50. The van der Waals surface area contributed by atoms with Crippen molar-refractivity contribution in [3.8, 4) is 0 Å². The fourth-order valence-electron chi connectivity index (χ4n) is 6.53. The number of quaternary nitrogens is 1. The van der Waals surface area contributed by atoms with E-state index in [-0.39, 0.29) is 12.0 Å². The smallest absolute Gasteiger partial charge is 0.348 e. The summed E-state index contributed by atoms with van der Waals surface area (Å²) in [6.45, 7) is 8.35. The van der Waals surface area contributed by atoms with Gasteiger partial charge in [0, 0.05) is 37.3 Å². The van der Waals surface area contributed by atoms with Gasteiger partial charge in [0.05, 0.1) is 19.6 Å². The van der Waals surface area contributed by atoms with Gasteiger partial charge in [0.25, 0.3) is 5.91 Å². The van der Waals surface area contributed by atoms with Gasteiger partial charge in [0.1, 0.15) is 6.54 Å². The summed E-state index contributed by atoms with van der Waals surface area (Å²) >= 11 is 0. The van der Waals surface area contributed by atoms with E-state index in [0.717, 1.165) is 66.6 Å². The molecule has 3 fully saturated rings. The lowest BCUT2D eigenvalue weighted by molar-refractivity contribution is -0.946. The van der Waals surface area contributed by atoms with Crippen molar-refractivity contribution in [3.05, 3.63) is 107 Å². The van der Waals surface area contributed by atoms with Crippen molar-refractivity contribution in [2.45, 2.75) is 44.8 Å². The van der Waals surface area contributed by atoms with Crippen LogP contribution in [0.5, 0.6) is 0 Å². The molecule has 6 heteroatoms. The molecule has 2 bridgehead atoms. The lowest BCUT2D eigenvalue weighted by Gasteiger charge is -2.52. The highest BCUT2D eigenvalue weighted by atomic mass is 16.6. The molecule has 3 aromatic rings. The maximum Gasteiger partial charge on any atom is 0.348 e. The van der Waals surface area contributed by atoms with Gasteiger partial charge in [-0.3, -0.25) is 4.79 Å². The Morgan fingerprint density at radius 3 is 2.03 bits per heavy atom. The Morgan fingerprint density at radius 1 is 0.897 bits per heavy atom. The van der Waals surface area contributed by atoms with Crippen molar-refractivity contribution >= 4 is 11.9 Å². The molecule has 0 aliphatic carbocycles. The van der Waals surface area contributed by atoms with Gasteiger partial charge >= 0.3 is 5.97 Å². The van der Waals surface area contributed by atoms with Gasteiger partial charge in [0.2, 0.25) is 5.60 Å². The second-order valence-corrected chi connectivity index (χ2v) is 11.3. The Bertz CT molecular complexity index is 1240. The third-order valence-electron chi connectivity index (χ3n) is 8.78. The SMILES string of the molecule is Cc1cccc(C)c1C(=O)NCCC[N+]12CCC(CC1)C(OC(=O)C(O)(c1ccccc1)c1ccccc1)C2. The molecule has 2 N–H and O–H groups in total. The molecule has 204 valence electrons. The van der Waals surface area contributed by atoms with Gasteiger partial charge in [-0.25, -0.2) is 4.79 Å². The zero-order valence-electron chi connectivity index (χ0n) is 22.9. The van der Waals surface area contributed by atoms with Gasteiger partial charge in [0.15, 0.2) is 6.10 Å². The van der Waals surface area contributed by atoms with Gasteiger partial charge < -0.3 is 19.6 Å². The number of piperidine rings is 3. The number of benzene rings is 3. The van der Waals surface area contributed by atoms with Crippen LogP contribution in [0, 0.1) is 19.8 Å². The van der Waals surface area contributed by atoms with E-state index in [1.807, 2.05) is 68.4 Å². The number of hydrogen-bond donors (Lipinski definition) is 2. The van der Waals surface area contributed by atoms with Crippen molar-refractivity contribution in [1.29, 1.82) is 0 Å². The van der Waals surface area contributed by atoms with Crippen LogP contribution >= 0.6 is 0 Å². The number of ether oxygens (including phenoxy) is 1. The minimum atomic E-state index is -1.86. The van der Waals surface area contributed by atoms with Crippen LogP contribution in [0.1, 0.15) is 51.9 Å². The van der Waals surface area contributed by atoms with Crippen LogP contribution in [-0.2, 0) is 15.1 Å². The average Bonchev–Trinajstić information content (AvgIpc) is 2.96. The number of aliphatic hydroxyl groups is 1. The quantitative estimate of drug-likeness (QED) is 0.244. The number of nitrogens with one attached hydrogen (secondary N) is 1. The standard InChI is InChI=1S/C33H38N2O4/c1-24-11-9-12-25(2)30(24)31(36)34-19-10-20-35-21-17-26(18-22-35)29(23-35)39-32(37)33(38,27-13-5-3-6-14-27)28-15-7-4-8-16-28/h3-9,11-16,26,29,38H,10,17-23H2,1-2H3/p+1. The highest BCUT2D eigenvalue weighted by Crippen LogP contribution is 2.38. The Morgan fingerprint density at radius 2 is 1.46 bits per heavy atom. The molecular weight excluding hydrogens is 488 g/mol. The number of carbonyl (C=O) groups is 2. The maximum atomic E-state index is 13.7. The number of hydrogen-bond acceptors (Lipinski definition) is 4. The second-order valence-electron chi connectivity index (χ2n) is 11.3. The Kier molecular flexibility index (Phi) is 7.87. The average molecular weight is 528 g/mol. The monoisotopic (exact) mass is 527 g/mol. The van der Waals surface area contributed by atoms with Crippen LogP contribution < -0.4 is 5.32 Å². The second kappa shape index (κ2) is 11.3. The number of rotatable bonds is 9. The Labute approximate surface area is 231 Å².